The molecule has 1 aromatic heterocycles. The second kappa shape index (κ2) is 7.59. The van der Waals surface area contributed by atoms with Crippen molar-refractivity contribution in [1.29, 1.82) is 0 Å². The Balaban J connectivity index is 1.73. The van der Waals surface area contributed by atoms with Crippen LogP contribution >= 0.6 is 23.1 Å². The van der Waals surface area contributed by atoms with Crippen molar-refractivity contribution in [2.45, 2.75) is 19.8 Å². The third-order valence-corrected chi connectivity index (χ3v) is 8.09. The van der Waals surface area contributed by atoms with Crippen LogP contribution in [-0.2, 0) is 14.8 Å². The predicted molar refractivity (Wildman–Crippen MR) is 100 cm³/mol. The van der Waals surface area contributed by atoms with Crippen LogP contribution in [0.2, 0.25) is 0 Å². The first-order valence-electron chi connectivity index (χ1n) is 8.18. The number of sulfonamides is 1. The summed E-state index contributed by atoms with van der Waals surface area (Å²) >= 11 is 3.34. The Bertz CT molecular complexity index is 713. The number of hydrogen-bond donors (Lipinski definition) is 0. The Morgan fingerprint density at radius 1 is 1.42 bits per heavy atom. The summed E-state index contributed by atoms with van der Waals surface area (Å²) in [5, 5.41) is 3.00. The molecule has 8 heteroatoms. The molecule has 0 radical (unpaired) electrons. The third-order valence-electron chi connectivity index (χ3n) is 4.40. The zero-order valence-electron chi connectivity index (χ0n) is 13.7. The maximum atomic E-state index is 13.0. The molecule has 0 unspecified atom stereocenters. The summed E-state index contributed by atoms with van der Waals surface area (Å²) in [4.78, 5) is 15.9. The van der Waals surface area contributed by atoms with E-state index >= 15 is 0 Å². The van der Waals surface area contributed by atoms with E-state index < -0.39 is 10.0 Å². The Morgan fingerprint density at radius 2 is 2.25 bits per heavy atom. The highest BCUT2D eigenvalue weighted by Gasteiger charge is 2.35. The molecule has 3 rings (SSSR count). The average Bonchev–Trinajstić information content (AvgIpc) is 3.26. The molecule has 0 bridgehead atoms. The summed E-state index contributed by atoms with van der Waals surface area (Å²) in [6, 6.07) is 4.03. The summed E-state index contributed by atoms with van der Waals surface area (Å²) < 4.78 is 25.7. The van der Waals surface area contributed by atoms with E-state index in [9.17, 15) is 13.2 Å². The zero-order chi connectivity index (χ0) is 17.2. The van der Waals surface area contributed by atoms with E-state index in [0.29, 0.717) is 19.6 Å². The van der Waals surface area contributed by atoms with E-state index in [1.807, 2.05) is 22.4 Å². The fourth-order valence-corrected chi connectivity index (χ4v) is 6.00. The maximum Gasteiger partial charge on any atom is 0.231 e. The molecule has 0 aromatic carbocycles. The van der Waals surface area contributed by atoms with Crippen molar-refractivity contribution >= 4 is 45.1 Å². The van der Waals surface area contributed by atoms with Crippen LogP contribution in [-0.4, -0.2) is 54.7 Å². The van der Waals surface area contributed by atoms with E-state index in [4.69, 9.17) is 0 Å². The van der Waals surface area contributed by atoms with Gasteiger partial charge in [-0.25, -0.2) is 12.7 Å². The maximum absolute atomic E-state index is 13.0. The van der Waals surface area contributed by atoms with Crippen LogP contribution in [0.25, 0.3) is 6.08 Å². The first-order valence-corrected chi connectivity index (χ1v) is 11.7. The van der Waals surface area contributed by atoms with E-state index in [1.165, 1.54) is 4.31 Å². The third kappa shape index (κ3) is 3.87. The van der Waals surface area contributed by atoms with Crippen molar-refractivity contribution in [2.75, 3.05) is 31.1 Å². The summed E-state index contributed by atoms with van der Waals surface area (Å²) in [6.45, 7) is 3.21. The molecule has 0 aliphatic carbocycles. The first kappa shape index (κ1) is 18.0. The van der Waals surface area contributed by atoms with Crippen LogP contribution < -0.4 is 0 Å². The standard InChI is InChI=1S/C16H22N2O3S3/c1-2-24(20,21)17-7-3-5-13(12-17)16(19)18-8-10-23-15(18)11-14-6-4-9-22-14/h4,6,9,11,13H,2-3,5,7-8,10,12H2,1H3/b15-11+/t13-/m1/s1. The van der Waals surface area contributed by atoms with Crippen LogP contribution in [0.4, 0.5) is 0 Å². The normalized spacial score (nSPS) is 24.6. The van der Waals surface area contributed by atoms with Crippen molar-refractivity contribution in [3.05, 3.63) is 27.4 Å². The number of amides is 1. The Morgan fingerprint density at radius 3 is 2.96 bits per heavy atom. The minimum Gasteiger partial charge on any atom is -0.306 e. The summed E-state index contributed by atoms with van der Waals surface area (Å²) in [6.07, 6.45) is 3.58. The molecule has 132 valence electrons. The van der Waals surface area contributed by atoms with Crippen LogP contribution in [0, 0.1) is 5.92 Å². The van der Waals surface area contributed by atoms with Crippen molar-refractivity contribution < 1.29 is 13.2 Å². The quantitative estimate of drug-likeness (QED) is 0.798. The van der Waals surface area contributed by atoms with Crippen LogP contribution in [0.3, 0.4) is 0 Å². The molecule has 0 saturated carbocycles. The van der Waals surface area contributed by atoms with Gasteiger partial charge >= 0.3 is 0 Å². The summed E-state index contributed by atoms with van der Waals surface area (Å²) in [7, 11) is -3.22. The lowest BCUT2D eigenvalue weighted by Gasteiger charge is -2.33. The molecule has 3 heterocycles. The topological polar surface area (TPSA) is 57.7 Å². The van der Waals surface area contributed by atoms with Crippen molar-refractivity contribution in [3.8, 4) is 0 Å². The highest BCUT2D eigenvalue weighted by Crippen LogP contribution is 2.33. The molecular formula is C16H22N2O3S3. The summed E-state index contributed by atoms with van der Waals surface area (Å²) in [5.74, 6) is 0.827. The van der Waals surface area contributed by atoms with Gasteiger partial charge in [0.1, 0.15) is 0 Å². The van der Waals surface area contributed by atoms with Gasteiger partial charge < -0.3 is 4.90 Å². The summed E-state index contributed by atoms with van der Waals surface area (Å²) in [5.41, 5.74) is 0. The van der Waals surface area contributed by atoms with Crippen molar-refractivity contribution in [2.24, 2.45) is 5.92 Å². The number of carbonyl (C=O) groups excluding carboxylic acids is 1. The lowest BCUT2D eigenvalue weighted by molar-refractivity contribution is -0.133. The number of thioether (sulfide) groups is 1. The minimum absolute atomic E-state index is 0.0683. The zero-order valence-corrected chi connectivity index (χ0v) is 16.1. The van der Waals surface area contributed by atoms with E-state index in [-0.39, 0.29) is 17.6 Å². The molecule has 2 aliphatic heterocycles. The minimum atomic E-state index is -3.22. The highest BCUT2D eigenvalue weighted by atomic mass is 32.2. The van der Waals surface area contributed by atoms with Crippen LogP contribution in [0.15, 0.2) is 22.5 Å². The van der Waals surface area contributed by atoms with E-state index in [0.717, 1.165) is 28.5 Å². The van der Waals surface area contributed by atoms with E-state index in [1.54, 1.807) is 30.0 Å². The molecule has 5 nitrogen and oxygen atoms in total. The number of nitrogens with zero attached hydrogens (tertiary/aromatic N) is 2. The number of piperidine rings is 1. The molecule has 1 amide bonds. The van der Waals surface area contributed by atoms with Gasteiger partial charge in [-0.05, 0) is 37.3 Å². The fourth-order valence-electron chi connectivity index (χ4n) is 3.06. The Labute approximate surface area is 151 Å². The lowest BCUT2D eigenvalue weighted by atomic mass is 9.98. The van der Waals surface area contributed by atoms with Crippen molar-refractivity contribution in [3.63, 3.8) is 0 Å². The van der Waals surface area contributed by atoms with Gasteiger partial charge in [0.2, 0.25) is 15.9 Å². The smallest absolute Gasteiger partial charge is 0.231 e. The molecule has 24 heavy (non-hydrogen) atoms. The molecule has 2 aliphatic rings. The van der Waals surface area contributed by atoms with Crippen molar-refractivity contribution in [1.82, 2.24) is 9.21 Å². The van der Waals surface area contributed by atoms with E-state index in [2.05, 4.69) is 6.08 Å². The van der Waals surface area contributed by atoms with Gasteiger partial charge in [0, 0.05) is 30.3 Å². The Hall–Kier alpha value is -0.830. The number of carbonyl (C=O) groups is 1. The first-order chi connectivity index (χ1) is 11.5. The number of thiophene rings is 1. The Kier molecular flexibility index (Phi) is 5.69. The average molecular weight is 387 g/mol. The molecule has 0 N–H and O–H groups in total. The largest absolute Gasteiger partial charge is 0.306 e. The van der Waals surface area contributed by atoms with Gasteiger partial charge in [0.25, 0.3) is 0 Å². The highest BCUT2D eigenvalue weighted by molar-refractivity contribution is 8.03. The molecule has 1 aromatic rings. The van der Waals surface area contributed by atoms with Gasteiger partial charge in [-0.15, -0.1) is 23.1 Å². The lowest BCUT2D eigenvalue weighted by Crippen LogP contribution is -2.46. The number of rotatable bonds is 4. The fraction of sp³-hybridized carbons (Fsp3) is 0.562. The second-order valence-corrected chi connectivity index (χ2v) is 10.3. The molecule has 0 spiro atoms. The van der Waals surface area contributed by atoms with Gasteiger partial charge in [-0.3, -0.25) is 4.79 Å². The van der Waals surface area contributed by atoms with Crippen LogP contribution in [0.5, 0.6) is 0 Å². The van der Waals surface area contributed by atoms with Crippen LogP contribution in [0.1, 0.15) is 24.6 Å². The van der Waals surface area contributed by atoms with Gasteiger partial charge in [-0.2, -0.15) is 0 Å². The number of hydrogen-bond acceptors (Lipinski definition) is 5. The van der Waals surface area contributed by atoms with Gasteiger partial charge in [-0.1, -0.05) is 6.07 Å². The van der Waals surface area contributed by atoms with Gasteiger partial charge in [0.15, 0.2) is 0 Å². The molecule has 2 fully saturated rings. The molecular weight excluding hydrogens is 364 g/mol. The second-order valence-electron chi connectivity index (χ2n) is 5.93. The SMILES string of the molecule is CCS(=O)(=O)N1CCC[C@@H](C(=O)N2CCS/C2=C/c2cccs2)C1. The molecule has 1 atom stereocenters. The van der Waals surface area contributed by atoms with Gasteiger partial charge in [0.05, 0.1) is 16.7 Å². The molecule has 2 saturated heterocycles. The predicted octanol–water partition coefficient (Wildman–Crippen LogP) is 2.68. The monoisotopic (exact) mass is 386 g/mol.